The first-order chi connectivity index (χ1) is 13.5. The predicted octanol–water partition coefficient (Wildman–Crippen LogP) is 3.10. The number of aliphatic hydroxyl groups is 1. The summed E-state index contributed by atoms with van der Waals surface area (Å²) in [4.78, 5) is 21.8. The number of pyridine rings is 3. The molecule has 146 valence electrons. The van der Waals surface area contributed by atoms with Gasteiger partial charge in [0.05, 0.1) is 11.5 Å². The summed E-state index contributed by atoms with van der Waals surface area (Å²) in [6.45, 7) is 2.01. The maximum atomic E-state index is 12.8. The molecule has 3 heterocycles. The number of aromatic nitrogens is 3. The predicted molar refractivity (Wildman–Crippen MR) is 111 cm³/mol. The lowest BCUT2D eigenvalue weighted by Gasteiger charge is -2.27. The molecule has 0 saturated heterocycles. The number of rotatable bonds is 4. The minimum absolute atomic E-state index is 0.0800. The second kappa shape index (κ2) is 7.59. The summed E-state index contributed by atoms with van der Waals surface area (Å²) in [6.07, 6.45) is 6.53. The summed E-state index contributed by atoms with van der Waals surface area (Å²) in [7, 11) is 1.74. The highest BCUT2D eigenvalue weighted by molar-refractivity contribution is 5.93. The van der Waals surface area contributed by atoms with E-state index in [0.29, 0.717) is 22.8 Å². The van der Waals surface area contributed by atoms with Gasteiger partial charge >= 0.3 is 0 Å². The van der Waals surface area contributed by atoms with Crippen molar-refractivity contribution in [2.24, 2.45) is 7.05 Å². The van der Waals surface area contributed by atoms with E-state index in [1.165, 1.54) is 0 Å². The topological polar surface area (TPSA) is 92.1 Å². The largest absolute Gasteiger partial charge is 0.393 e. The molecule has 3 aromatic rings. The molecule has 1 aliphatic rings. The molecule has 0 bridgehead atoms. The van der Waals surface area contributed by atoms with Crippen LogP contribution >= 0.6 is 0 Å². The lowest BCUT2D eigenvalue weighted by Crippen LogP contribution is -2.29. The molecule has 1 fully saturated rings. The van der Waals surface area contributed by atoms with Crippen molar-refractivity contribution in [3.63, 3.8) is 0 Å². The average Bonchev–Trinajstić information content (AvgIpc) is 2.66. The smallest absolute Gasteiger partial charge is 0.261 e. The third-order valence-corrected chi connectivity index (χ3v) is 5.27. The second-order valence-corrected chi connectivity index (χ2v) is 7.55. The molecule has 7 heteroatoms. The van der Waals surface area contributed by atoms with Crippen LogP contribution in [-0.4, -0.2) is 31.8 Å². The van der Waals surface area contributed by atoms with Gasteiger partial charge in [0, 0.05) is 25.5 Å². The number of nitrogens with zero attached hydrogens (tertiary/aromatic N) is 3. The summed E-state index contributed by atoms with van der Waals surface area (Å²) in [5.74, 6) is 1.93. The van der Waals surface area contributed by atoms with Crippen LogP contribution in [0.15, 0.2) is 41.5 Å². The van der Waals surface area contributed by atoms with Gasteiger partial charge in [0.15, 0.2) is 0 Å². The van der Waals surface area contributed by atoms with Crippen LogP contribution in [0.4, 0.5) is 17.5 Å². The van der Waals surface area contributed by atoms with Gasteiger partial charge in [-0.15, -0.1) is 0 Å². The summed E-state index contributed by atoms with van der Waals surface area (Å²) < 4.78 is 1.56. The van der Waals surface area contributed by atoms with Gasteiger partial charge in [-0.2, -0.15) is 0 Å². The van der Waals surface area contributed by atoms with Crippen LogP contribution in [0.5, 0.6) is 0 Å². The second-order valence-electron chi connectivity index (χ2n) is 7.55. The van der Waals surface area contributed by atoms with E-state index in [1.54, 1.807) is 24.0 Å². The molecule has 3 N–H and O–H groups in total. The molecular formula is C21H25N5O2. The number of hydrogen-bond acceptors (Lipinski definition) is 6. The number of aliphatic hydroxyl groups excluding tert-OH is 1. The van der Waals surface area contributed by atoms with Crippen molar-refractivity contribution in [1.82, 2.24) is 14.5 Å². The summed E-state index contributed by atoms with van der Waals surface area (Å²) in [5.41, 5.74) is 1.02. The molecular weight excluding hydrogens is 354 g/mol. The fourth-order valence-electron chi connectivity index (χ4n) is 3.67. The Balaban J connectivity index is 1.73. The first-order valence-electron chi connectivity index (χ1n) is 9.64. The maximum absolute atomic E-state index is 12.8. The Morgan fingerprint density at radius 2 is 1.93 bits per heavy atom. The van der Waals surface area contributed by atoms with Crippen LogP contribution in [0.1, 0.15) is 31.2 Å². The molecule has 0 radical (unpaired) electrons. The highest BCUT2D eigenvalue weighted by atomic mass is 16.3. The van der Waals surface area contributed by atoms with Gasteiger partial charge in [0.25, 0.3) is 5.56 Å². The van der Waals surface area contributed by atoms with Crippen molar-refractivity contribution < 1.29 is 5.11 Å². The molecule has 7 nitrogen and oxygen atoms in total. The minimum Gasteiger partial charge on any atom is -0.393 e. The quantitative estimate of drug-likeness (QED) is 0.645. The number of aryl methyl sites for hydroxylation is 2. The Labute approximate surface area is 163 Å². The molecule has 0 amide bonds. The van der Waals surface area contributed by atoms with Crippen LogP contribution in [0.25, 0.3) is 10.8 Å². The maximum Gasteiger partial charge on any atom is 0.261 e. The van der Waals surface area contributed by atoms with Crippen LogP contribution in [0, 0.1) is 6.92 Å². The van der Waals surface area contributed by atoms with Crippen molar-refractivity contribution in [1.29, 1.82) is 0 Å². The average molecular weight is 379 g/mol. The zero-order valence-corrected chi connectivity index (χ0v) is 16.1. The Hall–Kier alpha value is -2.93. The van der Waals surface area contributed by atoms with Gasteiger partial charge in [-0.25, -0.2) is 9.97 Å². The van der Waals surface area contributed by atoms with E-state index in [-0.39, 0.29) is 17.7 Å². The third kappa shape index (κ3) is 3.84. The van der Waals surface area contributed by atoms with E-state index >= 15 is 0 Å². The van der Waals surface area contributed by atoms with Gasteiger partial charge in [0.1, 0.15) is 17.5 Å². The SMILES string of the molecule is Cc1ccnc(Nc2cc3ccn(C)c(=O)c3c(N[C@H]3CC[C@H](O)CC3)n2)c1. The lowest BCUT2D eigenvalue weighted by atomic mass is 9.93. The molecule has 4 rings (SSSR count). The monoisotopic (exact) mass is 379 g/mol. The normalized spacial score (nSPS) is 19.5. The van der Waals surface area contributed by atoms with E-state index in [2.05, 4.69) is 15.6 Å². The van der Waals surface area contributed by atoms with Crippen molar-refractivity contribution >= 4 is 28.2 Å². The summed E-state index contributed by atoms with van der Waals surface area (Å²) in [6, 6.07) is 7.87. The van der Waals surface area contributed by atoms with E-state index in [9.17, 15) is 9.90 Å². The standard InChI is InChI=1S/C21H25N5O2/c1-13-7-9-22-17(11-13)24-18-12-14-8-10-26(2)21(28)19(14)20(25-18)23-15-3-5-16(27)6-4-15/h7-12,15-16,27H,3-6H2,1-2H3,(H2,22,23,24,25)/t15-,16-. The van der Waals surface area contributed by atoms with E-state index in [4.69, 9.17) is 4.98 Å². The third-order valence-electron chi connectivity index (χ3n) is 5.27. The number of anilines is 3. The van der Waals surface area contributed by atoms with Crippen molar-refractivity contribution in [3.8, 4) is 0 Å². The lowest BCUT2D eigenvalue weighted by molar-refractivity contribution is 0.126. The van der Waals surface area contributed by atoms with E-state index in [1.807, 2.05) is 31.2 Å². The highest BCUT2D eigenvalue weighted by Gasteiger charge is 2.21. The molecule has 0 atom stereocenters. The Morgan fingerprint density at radius 1 is 1.14 bits per heavy atom. The molecule has 0 spiro atoms. The molecule has 3 aromatic heterocycles. The summed E-state index contributed by atoms with van der Waals surface area (Å²) >= 11 is 0. The fourth-order valence-corrected chi connectivity index (χ4v) is 3.67. The Morgan fingerprint density at radius 3 is 2.68 bits per heavy atom. The molecule has 0 unspecified atom stereocenters. The van der Waals surface area contributed by atoms with E-state index in [0.717, 1.165) is 36.6 Å². The van der Waals surface area contributed by atoms with Crippen molar-refractivity contribution in [3.05, 3.63) is 52.6 Å². The Bertz CT molecular complexity index is 1050. The molecule has 0 aromatic carbocycles. The minimum atomic E-state index is -0.226. The van der Waals surface area contributed by atoms with Gasteiger partial charge in [-0.05, 0) is 67.8 Å². The Kier molecular flexibility index (Phi) is 5.00. The van der Waals surface area contributed by atoms with Crippen LogP contribution in [-0.2, 0) is 7.05 Å². The summed E-state index contributed by atoms with van der Waals surface area (Å²) in [5, 5.41) is 17.9. The zero-order chi connectivity index (χ0) is 19.7. The van der Waals surface area contributed by atoms with Crippen LogP contribution in [0.3, 0.4) is 0 Å². The van der Waals surface area contributed by atoms with Gasteiger partial charge < -0.3 is 20.3 Å². The van der Waals surface area contributed by atoms with Crippen LogP contribution < -0.4 is 16.2 Å². The molecule has 1 saturated carbocycles. The van der Waals surface area contributed by atoms with E-state index < -0.39 is 0 Å². The van der Waals surface area contributed by atoms with Crippen molar-refractivity contribution in [2.75, 3.05) is 10.6 Å². The highest BCUT2D eigenvalue weighted by Crippen LogP contribution is 2.27. The van der Waals surface area contributed by atoms with Gasteiger partial charge in [-0.3, -0.25) is 4.79 Å². The van der Waals surface area contributed by atoms with Crippen molar-refractivity contribution in [2.45, 2.75) is 44.8 Å². The zero-order valence-electron chi connectivity index (χ0n) is 16.1. The van der Waals surface area contributed by atoms with Gasteiger partial charge in [-0.1, -0.05) is 0 Å². The first kappa shape index (κ1) is 18.4. The van der Waals surface area contributed by atoms with Crippen LogP contribution in [0.2, 0.25) is 0 Å². The van der Waals surface area contributed by atoms with Gasteiger partial charge in [0.2, 0.25) is 0 Å². The number of hydrogen-bond donors (Lipinski definition) is 3. The molecule has 0 aliphatic heterocycles. The molecule has 28 heavy (non-hydrogen) atoms. The molecule has 1 aliphatic carbocycles. The number of nitrogens with one attached hydrogen (secondary N) is 2. The fraction of sp³-hybridized carbons (Fsp3) is 0.381. The first-order valence-corrected chi connectivity index (χ1v) is 9.64. The number of fused-ring (bicyclic) bond motifs is 1.